The van der Waals surface area contributed by atoms with Crippen LogP contribution in [-0.4, -0.2) is 13.0 Å². The molecule has 3 nitrogen and oxygen atoms in total. The Hall–Kier alpha value is -1.51. The Bertz CT molecular complexity index is 496. The van der Waals surface area contributed by atoms with Crippen LogP contribution in [0.5, 0.6) is 5.75 Å². The van der Waals surface area contributed by atoms with Crippen LogP contribution in [0.2, 0.25) is 0 Å². The second-order valence-electron chi connectivity index (χ2n) is 7.07. The van der Waals surface area contributed by atoms with Crippen molar-refractivity contribution in [1.29, 1.82) is 0 Å². The van der Waals surface area contributed by atoms with Crippen LogP contribution < -0.4 is 10.1 Å². The van der Waals surface area contributed by atoms with Crippen molar-refractivity contribution in [1.82, 2.24) is 0 Å². The zero-order valence-electron chi connectivity index (χ0n) is 13.7. The number of hydrogen-bond donors (Lipinski definition) is 1. The van der Waals surface area contributed by atoms with Crippen LogP contribution in [0.1, 0.15) is 58.4 Å². The molecule has 0 unspecified atom stereocenters. The molecule has 1 aromatic rings. The maximum Gasteiger partial charge on any atom is 0.224 e. The molecule has 1 amide bonds. The predicted octanol–water partition coefficient (Wildman–Crippen LogP) is 4.51. The minimum absolute atomic E-state index is 0.0528. The zero-order chi connectivity index (χ0) is 15.5. The van der Waals surface area contributed by atoms with Crippen molar-refractivity contribution in [3.63, 3.8) is 0 Å². The third-order valence-electron chi connectivity index (χ3n) is 4.29. The molecule has 0 bridgehead atoms. The molecular weight excluding hydrogens is 262 g/mol. The van der Waals surface area contributed by atoms with E-state index in [2.05, 4.69) is 32.2 Å². The number of carbonyl (C=O) groups is 1. The highest BCUT2D eigenvalue weighted by atomic mass is 16.5. The molecule has 1 fully saturated rings. The summed E-state index contributed by atoms with van der Waals surface area (Å²) in [5.74, 6) is 1.39. The molecule has 0 heterocycles. The lowest BCUT2D eigenvalue weighted by molar-refractivity contribution is -0.117. The molecule has 0 aliphatic heterocycles. The number of amides is 1. The van der Waals surface area contributed by atoms with Crippen molar-refractivity contribution in [2.45, 2.75) is 58.3 Å². The molecule has 0 aromatic heterocycles. The van der Waals surface area contributed by atoms with E-state index < -0.39 is 0 Å². The smallest absolute Gasteiger partial charge is 0.224 e. The van der Waals surface area contributed by atoms with Crippen molar-refractivity contribution in [3.8, 4) is 5.75 Å². The number of methoxy groups -OCH3 is 1. The second kappa shape index (κ2) is 6.50. The summed E-state index contributed by atoms with van der Waals surface area (Å²) in [6.07, 6.45) is 5.53. The fourth-order valence-corrected chi connectivity index (χ4v) is 2.95. The highest BCUT2D eigenvalue weighted by Gasteiger charge is 2.20. The molecule has 116 valence electrons. The van der Waals surface area contributed by atoms with Gasteiger partial charge in [0.2, 0.25) is 5.91 Å². The average Bonchev–Trinajstić information content (AvgIpc) is 2.90. The van der Waals surface area contributed by atoms with Crippen molar-refractivity contribution in [3.05, 3.63) is 23.8 Å². The summed E-state index contributed by atoms with van der Waals surface area (Å²) < 4.78 is 5.37. The van der Waals surface area contributed by atoms with Gasteiger partial charge < -0.3 is 10.1 Å². The van der Waals surface area contributed by atoms with Gasteiger partial charge in [0.05, 0.1) is 12.8 Å². The fourth-order valence-electron chi connectivity index (χ4n) is 2.95. The van der Waals surface area contributed by atoms with Gasteiger partial charge in [-0.2, -0.15) is 0 Å². The number of rotatable bonds is 4. The van der Waals surface area contributed by atoms with Crippen LogP contribution >= 0.6 is 0 Å². The minimum atomic E-state index is 0.0528. The third-order valence-corrected chi connectivity index (χ3v) is 4.29. The van der Waals surface area contributed by atoms with E-state index in [1.807, 2.05) is 12.1 Å². The number of anilines is 1. The van der Waals surface area contributed by atoms with Gasteiger partial charge in [-0.25, -0.2) is 0 Å². The molecule has 3 heteroatoms. The van der Waals surface area contributed by atoms with Gasteiger partial charge in [-0.3, -0.25) is 4.79 Å². The topological polar surface area (TPSA) is 38.3 Å². The number of ether oxygens (including phenoxy) is 1. The Balaban J connectivity index is 2.11. The Morgan fingerprint density at radius 3 is 2.52 bits per heavy atom. The van der Waals surface area contributed by atoms with E-state index in [4.69, 9.17) is 4.74 Å². The van der Waals surface area contributed by atoms with E-state index in [0.717, 1.165) is 11.4 Å². The van der Waals surface area contributed by atoms with E-state index in [9.17, 15) is 4.79 Å². The lowest BCUT2D eigenvalue weighted by Crippen LogP contribution is -2.17. The van der Waals surface area contributed by atoms with Crippen molar-refractivity contribution in [2.75, 3.05) is 12.4 Å². The first-order chi connectivity index (χ1) is 9.90. The summed E-state index contributed by atoms with van der Waals surface area (Å²) in [6, 6.07) is 6.03. The highest BCUT2D eigenvalue weighted by molar-refractivity contribution is 5.92. The van der Waals surface area contributed by atoms with Gasteiger partial charge in [-0.05, 0) is 41.9 Å². The summed E-state index contributed by atoms with van der Waals surface area (Å²) in [7, 11) is 1.64. The number of nitrogens with one attached hydrogen (secondary N) is 1. The first-order valence-corrected chi connectivity index (χ1v) is 7.88. The van der Waals surface area contributed by atoms with E-state index in [0.29, 0.717) is 12.3 Å². The maximum absolute atomic E-state index is 12.2. The fraction of sp³-hybridized carbons (Fsp3) is 0.611. The van der Waals surface area contributed by atoms with Crippen molar-refractivity contribution >= 4 is 11.6 Å². The summed E-state index contributed by atoms with van der Waals surface area (Å²) in [5, 5.41) is 3.04. The molecule has 1 N–H and O–H groups in total. The molecule has 0 atom stereocenters. The van der Waals surface area contributed by atoms with Crippen LogP contribution in [0.3, 0.4) is 0 Å². The maximum atomic E-state index is 12.2. The predicted molar refractivity (Wildman–Crippen MR) is 86.9 cm³/mol. The highest BCUT2D eigenvalue weighted by Crippen LogP contribution is 2.32. The van der Waals surface area contributed by atoms with Gasteiger partial charge in [-0.1, -0.05) is 39.7 Å². The van der Waals surface area contributed by atoms with E-state index >= 15 is 0 Å². The first kappa shape index (κ1) is 15.9. The van der Waals surface area contributed by atoms with E-state index in [1.165, 1.54) is 31.2 Å². The molecule has 1 aliphatic carbocycles. The van der Waals surface area contributed by atoms with Crippen LogP contribution in [0.15, 0.2) is 18.2 Å². The monoisotopic (exact) mass is 289 g/mol. The van der Waals surface area contributed by atoms with Gasteiger partial charge in [-0.15, -0.1) is 0 Å². The minimum Gasteiger partial charge on any atom is -0.495 e. The van der Waals surface area contributed by atoms with Crippen LogP contribution in [0, 0.1) is 5.92 Å². The molecule has 0 saturated heterocycles. The van der Waals surface area contributed by atoms with Gasteiger partial charge in [0.25, 0.3) is 0 Å². The quantitative estimate of drug-likeness (QED) is 0.885. The molecule has 1 aromatic carbocycles. The Labute approximate surface area is 128 Å². The molecule has 0 spiro atoms. The lowest BCUT2D eigenvalue weighted by atomic mass is 9.87. The van der Waals surface area contributed by atoms with Crippen molar-refractivity contribution in [2.24, 2.45) is 5.92 Å². The number of benzene rings is 1. The summed E-state index contributed by atoms with van der Waals surface area (Å²) in [4.78, 5) is 12.2. The SMILES string of the molecule is COc1ccc(C(C)(C)C)cc1NC(=O)CC1CCCC1. The summed E-state index contributed by atoms with van der Waals surface area (Å²) in [5.41, 5.74) is 2.03. The largest absolute Gasteiger partial charge is 0.495 e. The number of carbonyl (C=O) groups excluding carboxylic acids is 1. The number of hydrogen-bond acceptors (Lipinski definition) is 2. The standard InChI is InChI=1S/C18H27NO2/c1-18(2,3)14-9-10-16(21-4)15(12-14)19-17(20)11-13-7-5-6-8-13/h9-10,12-13H,5-8,11H2,1-4H3,(H,19,20). The molecule has 21 heavy (non-hydrogen) atoms. The normalized spacial score (nSPS) is 16.0. The Morgan fingerprint density at radius 1 is 1.29 bits per heavy atom. The van der Waals surface area contributed by atoms with Gasteiger partial charge in [0, 0.05) is 6.42 Å². The van der Waals surface area contributed by atoms with Crippen LogP contribution in [-0.2, 0) is 10.2 Å². The lowest BCUT2D eigenvalue weighted by Gasteiger charge is -2.21. The molecular formula is C18H27NO2. The molecule has 1 saturated carbocycles. The van der Waals surface area contributed by atoms with Crippen LogP contribution in [0.25, 0.3) is 0 Å². The summed E-state index contributed by atoms with van der Waals surface area (Å²) in [6.45, 7) is 6.50. The van der Waals surface area contributed by atoms with Gasteiger partial charge in [0.1, 0.15) is 5.75 Å². The van der Waals surface area contributed by atoms with Gasteiger partial charge >= 0.3 is 0 Å². The Kier molecular flexibility index (Phi) is 4.92. The Morgan fingerprint density at radius 2 is 1.95 bits per heavy atom. The molecule has 0 radical (unpaired) electrons. The van der Waals surface area contributed by atoms with Gasteiger partial charge in [0.15, 0.2) is 0 Å². The van der Waals surface area contributed by atoms with E-state index in [-0.39, 0.29) is 11.3 Å². The summed E-state index contributed by atoms with van der Waals surface area (Å²) >= 11 is 0. The zero-order valence-corrected chi connectivity index (χ0v) is 13.7. The van der Waals surface area contributed by atoms with E-state index in [1.54, 1.807) is 7.11 Å². The average molecular weight is 289 g/mol. The third kappa shape index (κ3) is 4.23. The van der Waals surface area contributed by atoms with Crippen molar-refractivity contribution < 1.29 is 9.53 Å². The second-order valence-corrected chi connectivity index (χ2v) is 7.07. The van der Waals surface area contributed by atoms with Crippen LogP contribution in [0.4, 0.5) is 5.69 Å². The molecule has 2 rings (SSSR count). The first-order valence-electron chi connectivity index (χ1n) is 7.88. The molecule has 1 aliphatic rings.